The van der Waals surface area contributed by atoms with Gasteiger partial charge in [-0.05, 0) is 63.3 Å². The number of ether oxygens (including phenoxy) is 1. The molecule has 1 heterocycles. The Bertz CT molecular complexity index is 583. The van der Waals surface area contributed by atoms with Crippen molar-refractivity contribution in [2.24, 2.45) is 0 Å². The van der Waals surface area contributed by atoms with Crippen molar-refractivity contribution in [1.29, 1.82) is 0 Å². The summed E-state index contributed by atoms with van der Waals surface area (Å²) in [4.78, 5) is 2.28. The third-order valence-electron chi connectivity index (χ3n) is 4.26. The zero-order chi connectivity index (χ0) is 16.4. The molecule has 1 aromatic carbocycles. The lowest BCUT2D eigenvalue weighted by molar-refractivity contribution is 0.0463. The first kappa shape index (κ1) is 17.2. The minimum absolute atomic E-state index is 0.139. The normalized spacial score (nSPS) is 22.0. The fourth-order valence-electron chi connectivity index (χ4n) is 3.16. The molecule has 1 aromatic rings. The molecule has 1 aliphatic heterocycles. The minimum Gasteiger partial charge on any atom is -0.378 e. The van der Waals surface area contributed by atoms with Crippen molar-refractivity contribution >= 4 is 37.5 Å². The van der Waals surface area contributed by atoms with Crippen LogP contribution in [-0.2, 0) is 4.74 Å². The second-order valence-electron chi connectivity index (χ2n) is 5.74. The molecule has 0 bridgehead atoms. The first-order valence-corrected chi connectivity index (χ1v) is 9.32. The van der Waals surface area contributed by atoms with E-state index in [1.165, 1.54) is 17.2 Å². The van der Waals surface area contributed by atoms with Crippen LogP contribution in [0.3, 0.4) is 0 Å². The largest absolute Gasteiger partial charge is 0.378 e. The van der Waals surface area contributed by atoms with Gasteiger partial charge in [-0.15, -0.1) is 0 Å². The summed E-state index contributed by atoms with van der Waals surface area (Å²) in [5.41, 5.74) is 1.68. The van der Waals surface area contributed by atoms with E-state index in [1.54, 1.807) is 0 Å². The van der Waals surface area contributed by atoms with E-state index >= 15 is 0 Å². The quantitative estimate of drug-likeness (QED) is 0.697. The average molecular weight is 450 g/mol. The van der Waals surface area contributed by atoms with Gasteiger partial charge in [0.05, 0.1) is 24.9 Å². The summed E-state index contributed by atoms with van der Waals surface area (Å²) >= 11 is 6.71. The van der Waals surface area contributed by atoms with Crippen LogP contribution in [0.2, 0.25) is 0 Å². The van der Waals surface area contributed by atoms with E-state index in [-0.39, 0.29) is 11.9 Å². The molecule has 4 nitrogen and oxygen atoms in total. The minimum atomic E-state index is -0.353. The standard InChI is InChI=1S/C16H19Br2FN2O2/c17-12-9-11(19)10-13(18)16(12)21(22)15-4-2-1-3-14(15)20-5-7-23-8-6-20/h3,9-10,15,22H,1-2,4-8H2. The monoisotopic (exact) mass is 448 g/mol. The van der Waals surface area contributed by atoms with E-state index in [1.807, 2.05) is 0 Å². The molecular formula is C16H19Br2FN2O2. The van der Waals surface area contributed by atoms with Gasteiger partial charge in [0.25, 0.3) is 0 Å². The van der Waals surface area contributed by atoms with Crippen molar-refractivity contribution in [3.8, 4) is 0 Å². The van der Waals surface area contributed by atoms with Gasteiger partial charge in [0.1, 0.15) is 5.82 Å². The van der Waals surface area contributed by atoms with Gasteiger partial charge in [0, 0.05) is 27.7 Å². The lowest BCUT2D eigenvalue weighted by Crippen LogP contribution is -2.46. The molecule has 1 saturated heterocycles. The number of anilines is 1. The molecule has 1 atom stereocenters. The second-order valence-corrected chi connectivity index (χ2v) is 7.45. The second kappa shape index (κ2) is 7.51. The number of benzene rings is 1. The molecule has 23 heavy (non-hydrogen) atoms. The predicted molar refractivity (Wildman–Crippen MR) is 94.2 cm³/mol. The van der Waals surface area contributed by atoms with Crippen molar-refractivity contribution in [3.05, 3.63) is 38.7 Å². The maximum Gasteiger partial charge on any atom is 0.125 e. The van der Waals surface area contributed by atoms with Gasteiger partial charge >= 0.3 is 0 Å². The smallest absolute Gasteiger partial charge is 0.125 e. The van der Waals surface area contributed by atoms with Crippen LogP contribution in [0.1, 0.15) is 19.3 Å². The number of hydrogen-bond donors (Lipinski definition) is 1. The number of allylic oxidation sites excluding steroid dienone is 1. The van der Waals surface area contributed by atoms with Gasteiger partial charge in [-0.1, -0.05) is 6.08 Å². The van der Waals surface area contributed by atoms with Crippen LogP contribution in [-0.4, -0.2) is 42.5 Å². The maximum atomic E-state index is 13.5. The Morgan fingerprint density at radius 3 is 2.52 bits per heavy atom. The summed E-state index contributed by atoms with van der Waals surface area (Å²) in [5, 5.41) is 12.1. The zero-order valence-corrected chi connectivity index (χ0v) is 15.8. The Morgan fingerprint density at radius 1 is 1.22 bits per heavy atom. The van der Waals surface area contributed by atoms with Crippen LogP contribution in [0, 0.1) is 5.82 Å². The number of rotatable bonds is 3. The van der Waals surface area contributed by atoms with Gasteiger partial charge in [-0.3, -0.25) is 5.21 Å². The van der Waals surface area contributed by atoms with Gasteiger partial charge in [-0.25, -0.2) is 9.45 Å². The highest BCUT2D eigenvalue weighted by molar-refractivity contribution is 9.11. The Kier molecular flexibility index (Phi) is 5.61. The van der Waals surface area contributed by atoms with Crippen molar-refractivity contribution in [2.45, 2.75) is 25.3 Å². The van der Waals surface area contributed by atoms with Crippen LogP contribution in [0.15, 0.2) is 32.9 Å². The highest BCUT2D eigenvalue weighted by atomic mass is 79.9. The summed E-state index contributed by atoms with van der Waals surface area (Å²) in [7, 11) is 0. The molecule has 0 spiro atoms. The molecule has 0 radical (unpaired) electrons. The van der Waals surface area contributed by atoms with E-state index in [2.05, 4.69) is 42.8 Å². The van der Waals surface area contributed by atoms with Gasteiger partial charge in [0.15, 0.2) is 0 Å². The maximum absolute atomic E-state index is 13.5. The Hall–Kier alpha value is -0.630. The Balaban J connectivity index is 1.89. The van der Waals surface area contributed by atoms with Crippen LogP contribution in [0.5, 0.6) is 0 Å². The van der Waals surface area contributed by atoms with E-state index in [9.17, 15) is 9.60 Å². The fraction of sp³-hybridized carbons (Fsp3) is 0.500. The zero-order valence-electron chi connectivity index (χ0n) is 12.6. The molecule has 0 saturated carbocycles. The number of hydroxylamine groups is 1. The first-order chi connectivity index (χ1) is 11.1. The van der Waals surface area contributed by atoms with Gasteiger partial charge in [0.2, 0.25) is 0 Å². The average Bonchev–Trinajstić information content (AvgIpc) is 2.54. The highest BCUT2D eigenvalue weighted by Crippen LogP contribution is 2.38. The predicted octanol–water partition coefficient (Wildman–Crippen LogP) is 4.31. The molecule has 1 fully saturated rings. The molecule has 0 amide bonds. The Labute approximate surface area is 152 Å². The molecule has 0 aromatic heterocycles. The molecule has 3 rings (SSSR count). The summed E-state index contributed by atoms with van der Waals surface area (Å²) in [6, 6.07) is 2.59. The molecule has 1 aliphatic carbocycles. The van der Waals surface area contributed by atoms with Crippen molar-refractivity contribution in [1.82, 2.24) is 4.90 Å². The fourth-order valence-corrected chi connectivity index (χ4v) is 4.66. The summed E-state index contributed by atoms with van der Waals surface area (Å²) < 4.78 is 20.0. The summed E-state index contributed by atoms with van der Waals surface area (Å²) in [5.74, 6) is -0.353. The van der Waals surface area contributed by atoms with E-state index in [0.717, 1.165) is 38.0 Å². The molecule has 7 heteroatoms. The molecule has 1 N–H and O–H groups in total. The number of morpholine rings is 1. The number of halogens is 3. The van der Waals surface area contributed by atoms with E-state index in [0.29, 0.717) is 27.8 Å². The first-order valence-electron chi connectivity index (χ1n) is 7.73. The lowest BCUT2D eigenvalue weighted by atomic mass is 9.97. The van der Waals surface area contributed by atoms with Crippen LogP contribution >= 0.6 is 31.9 Å². The van der Waals surface area contributed by atoms with Crippen molar-refractivity contribution < 1.29 is 14.3 Å². The number of hydrogen-bond acceptors (Lipinski definition) is 4. The summed E-state index contributed by atoms with van der Waals surface area (Å²) in [6.45, 7) is 3.09. The van der Waals surface area contributed by atoms with Crippen LogP contribution in [0.4, 0.5) is 10.1 Å². The Morgan fingerprint density at radius 2 is 1.87 bits per heavy atom. The van der Waals surface area contributed by atoms with Crippen LogP contribution in [0.25, 0.3) is 0 Å². The summed E-state index contributed by atoms with van der Waals surface area (Å²) in [6.07, 6.45) is 5.10. The van der Waals surface area contributed by atoms with Gasteiger partial charge < -0.3 is 9.64 Å². The lowest BCUT2D eigenvalue weighted by Gasteiger charge is -2.40. The van der Waals surface area contributed by atoms with E-state index in [4.69, 9.17) is 4.74 Å². The third-order valence-corrected chi connectivity index (χ3v) is 5.47. The molecule has 126 valence electrons. The highest BCUT2D eigenvalue weighted by Gasteiger charge is 2.30. The van der Waals surface area contributed by atoms with E-state index < -0.39 is 0 Å². The molecule has 1 unspecified atom stereocenters. The number of nitrogens with zero attached hydrogens (tertiary/aromatic N) is 2. The molecule has 2 aliphatic rings. The SMILES string of the molecule is ON(c1c(Br)cc(F)cc1Br)C1CCCC=C1N1CCOCC1. The van der Waals surface area contributed by atoms with Crippen LogP contribution < -0.4 is 5.06 Å². The van der Waals surface area contributed by atoms with Crippen molar-refractivity contribution in [3.63, 3.8) is 0 Å². The topological polar surface area (TPSA) is 35.9 Å². The third kappa shape index (κ3) is 3.73. The molecular weight excluding hydrogens is 431 g/mol. The van der Waals surface area contributed by atoms with Gasteiger partial charge in [-0.2, -0.15) is 0 Å². The van der Waals surface area contributed by atoms with Crippen molar-refractivity contribution in [2.75, 3.05) is 31.4 Å².